The van der Waals surface area contributed by atoms with Gasteiger partial charge in [0.1, 0.15) is 11.3 Å². The molecule has 0 saturated carbocycles. The molecule has 2 rings (SSSR count). The third-order valence-corrected chi connectivity index (χ3v) is 3.16. The third-order valence-electron chi connectivity index (χ3n) is 3.16. The molecule has 0 aliphatic rings. The second-order valence-corrected chi connectivity index (χ2v) is 5.54. The molecule has 1 aromatic heterocycles. The van der Waals surface area contributed by atoms with E-state index in [-0.39, 0.29) is 17.6 Å². The van der Waals surface area contributed by atoms with Gasteiger partial charge >= 0.3 is 6.18 Å². The highest BCUT2D eigenvalue weighted by atomic mass is 19.4. The number of alkyl halides is 3. The molecule has 0 bridgehead atoms. The second kappa shape index (κ2) is 6.94. The maximum absolute atomic E-state index is 12.4. The van der Waals surface area contributed by atoms with E-state index in [2.05, 4.69) is 15.2 Å². The predicted octanol–water partition coefficient (Wildman–Crippen LogP) is 4.30. The molecule has 130 valence electrons. The topological polar surface area (TPSA) is 64.4 Å². The van der Waals surface area contributed by atoms with Crippen molar-refractivity contribution < 1.29 is 27.2 Å². The highest BCUT2D eigenvalue weighted by Crippen LogP contribution is 2.24. The van der Waals surface area contributed by atoms with Crippen LogP contribution in [0.15, 0.2) is 28.8 Å². The molecule has 1 heterocycles. The molecule has 0 aliphatic carbocycles. The monoisotopic (exact) mass is 342 g/mol. The number of aromatic nitrogens is 1. The Labute approximate surface area is 136 Å². The first-order valence-electron chi connectivity index (χ1n) is 7.24. The molecule has 8 heteroatoms. The second-order valence-electron chi connectivity index (χ2n) is 5.54. The number of ether oxygens (including phenoxy) is 1. The van der Waals surface area contributed by atoms with Crippen LogP contribution in [0.25, 0.3) is 0 Å². The molecule has 0 spiro atoms. The van der Waals surface area contributed by atoms with Crippen molar-refractivity contribution >= 4 is 11.6 Å². The summed E-state index contributed by atoms with van der Waals surface area (Å²) in [5, 5.41) is 6.46. The average molecular weight is 342 g/mol. The summed E-state index contributed by atoms with van der Waals surface area (Å²) in [5.41, 5.74) is 1.26. The van der Waals surface area contributed by atoms with E-state index in [1.807, 2.05) is 13.8 Å². The van der Waals surface area contributed by atoms with E-state index in [0.29, 0.717) is 22.7 Å². The lowest BCUT2D eigenvalue weighted by atomic mass is 10.0. The number of halogens is 3. The van der Waals surface area contributed by atoms with Crippen LogP contribution in [0.4, 0.5) is 18.9 Å². The molecular formula is C16H17F3N2O3. The third kappa shape index (κ3) is 4.50. The van der Waals surface area contributed by atoms with Gasteiger partial charge in [0.2, 0.25) is 0 Å². The van der Waals surface area contributed by atoms with Gasteiger partial charge in [0.05, 0.1) is 5.69 Å². The molecule has 1 amide bonds. The largest absolute Gasteiger partial charge is 0.484 e. The van der Waals surface area contributed by atoms with E-state index in [0.717, 1.165) is 0 Å². The minimum absolute atomic E-state index is 0.00917. The first kappa shape index (κ1) is 17.8. The Morgan fingerprint density at radius 3 is 2.46 bits per heavy atom. The van der Waals surface area contributed by atoms with E-state index < -0.39 is 12.8 Å². The smallest absolute Gasteiger partial charge is 0.422 e. The van der Waals surface area contributed by atoms with Crippen LogP contribution in [0.3, 0.4) is 0 Å². The molecule has 1 aromatic carbocycles. The molecule has 1 N–H and O–H groups in total. The fourth-order valence-electron chi connectivity index (χ4n) is 2.05. The van der Waals surface area contributed by atoms with Crippen molar-refractivity contribution in [2.75, 3.05) is 11.9 Å². The van der Waals surface area contributed by atoms with Crippen LogP contribution in [0, 0.1) is 6.92 Å². The molecule has 0 radical (unpaired) electrons. The Hall–Kier alpha value is -2.51. The van der Waals surface area contributed by atoms with Gasteiger partial charge in [-0.25, -0.2) is 0 Å². The van der Waals surface area contributed by atoms with Gasteiger partial charge in [-0.1, -0.05) is 19.0 Å². The van der Waals surface area contributed by atoms with Crippen molar-refractivity contribution in [2.45, 2.75) is 32.9 Å². The quantitative estimate of drug-likeness (QED) is 0.880. The SMILES string of the molecule is Cc1noc(C(C)C)c1C(=O)Nc1ccc(OCC(F)(F)F)cc1. The maximum Gasteiger partial charge on any atom is 0.422 e. The zero-order valence-electron chi connectivity index (χ0n) is 13.4. The zero-order chi connectivity index (χ0) is 17.9. The van der Waals surface area contributed by atoms with Gasteiger partial charge in [0, 0.05) is 11.6 Å². The van der Waals surface area contributed by atoms with Crippen molar-refractivity contribution in [2.24, 2.45) is 0 Å². The molecule has 0 saturated heterocycles. The van der Waals surface area contributed by atoms with Crippen molar-refractivity contribution in [3.63, 3.8) is 0 Å². The number of carbonyl (C=O) groups excluding carboxylic acids is 1. The molecule has 2 aromatic rings. The number of amides is 1. The number of nitrogens with zero attached hydrogens (tertiary/aromatic N) is 1. The molecule has 5 nitrogen and oxygen atoms in total. The zero-order valence-corrected chi connectivity index (χ0v) is 13.4. The number of rotatable bonds is 5. The maximum atomic E-state index is 12.4. The number of aryl methyl sites for hydroxylation is 1. The van der Waals surface area contributed by atoms with Crippen molar-refractivity contribution in [1.82, 2.24) is 5.16 Å². The summed E-state index contributed by atoms with van der Waals surface area (Å²) in [4.78, 5) is 12.4. The predicted molar refractivity (Wildman–Crippen MR) is 81.3 cm³/mol. The van der Waals surface area contributed by atoms with E-state index in [9.17, 15) is 18.0 Å². The summed E-state index contributed by atoms with van der Waals surface area (Å²) >= 11 is 0. The van der Waals surface area contributed by atoms with Gasteiger partial charge in [0.25, 0.3) is 5.91 Å². The van der Waals surface area contributed by atoms with E-state index in [4.69, 9.17) is 4.52 Å². The van der Waals surface area contributed by atoms with Crippen LogP contribution in [0.1, 0.15) is 41.6 Å². The lowest BCUT2D eigenvalue weighted by molar-refractivity contribution is -0.153. The van der Waals surface area contributed by atoms with Crippen molar-refractivity contribution in [3.05, 3.63) is 41.3 Å². The Balaban J connectivity index is 2.06. The molecule has 0 unspecified atom stereocenters. The van der Waals surface area contributed by atoms with Crippen LogP contribution in [0.5, 0.6) is 5.75 Å². The fourth-order valence-corrected chi connectivity index (χ4v) is 2.05. The van der Waals surface area contributed by atoms with E-state index >= 15 is 0 Å². The molecule has 0 fully saturated rings. The lowest BCUT2D eigenvalue weighted by Gasteiger charge is -2.10. The lowest BCUT2D eigenvalue weighted by Crippen LogP contribution is -2.19. The van der Waals surface area contributed by atoms with Gasteiger partial charge in [-0.2, -0.15) is 13.2 Å². The minimum atomic E-state index is -4.40. The summed E-state index contributed by atoms with van der Waals surface area (Å²) in [6.45, 7) is 4.06. The van der Waals surface area contributed by atoms with Gasteiger partial charge in [-0.15, -0.1) is 0 Å². The van der Waals surface area contributed by atoms with Crippen LogP contribution in [-0.4, -0.2) is 23.8 Å². The van der Waals surface area contributed by atoms with Crippen LogP contribution in [-0.2, 0) is 0 Å². The Morgan fingerprint density at radius 2 is 1.92 bits per heavy atom. The first-order valence-corrected chi connectivity index (χ1v) is 7.24. The normalized spacial score (nSPS) is 11.6. The summed E-state index contributed by atoms with van der Waals surface area (Å²) < 4.78 is 46.1. The Morgan fingerprint density at radius 1 is 1.29 bits per heavy atom. The van der Waals surface area contributed by atoms with Gasteiger partial charge in [-0.3, -0.25) is 4.79 Å². The standard InChI is InChI=1S/C16H17F3N2O3/c1-9(2)14-13(10(3)21-24-14)15(22)20-11-4-6-12(7-5-11)23-8-16(17,18)19/h4-7,9H,8H2,1-3H3,(H,20,22). The number of nitrogens with one attached hydrogen (secondary N) is 1. The first-order chi connectivity index (χ1) is 11.2. The average Bonchev–Trinajstić information content (AvgIpc) is 2.88. The van der Waals surface area contributed by atoms with Gasteiger partial charge in [-0.05, 0) is 31.2 Å². The van der Waals surface area contributed by atoms with E-state index in [1.54, 1.807) is 6.92 Å². The fraction of sp³-hybridized carbons (Fsp3) is 0.375. The van der Waals surface area contributed by atoms with Crippen molar-refractivity contribution in [1.29, 1.82) is 0 Å². The Bertz CT molecular complexity index is 706. The van der Waals surface area contributed by atoms with Crippen LogP contribution < -0.4 is 10.1 Å². The summed E-state index contributed by atoms with van der Waals surface area (Å²) in [7, 11) is 0. The molecule has 0 aliphatic heterocycles. The van der Waals surface area contributed by atoms with E-state index in [1.165, 1.54) is 24.3 Å². The molecular weight excluding hydrogens is 325 g/mol. The summed E-state index contributed by atoms with van der Waals surface area (Å²) in [5.74, 6) is 0.149. The number of benzene rings is 1. The number of anilines is 1. The Kier molecular flexibility index (Phi) is 5.16. The summed E-state index contributed by atoms with van der Waals surface area (Å²) in [6, 6.07) is 5.62. The van der Waals surface area contributed by atoms with Crippen molar-refractivity contribution in [3.8, 4) is 5.75 Å². The summed E-state index contributed by atoms with van der Waals surface area (Å²) in [6.07, 6.45) is -4.40. The highest BCUT2D eigenvalue weighted by Gasteiger charge is 2.28. The van der Waals surface area contributed by atoms with Gasteiger partial charge in [0.15, 0.2) is 12.4 Å². The number of hydrogen-bond acceptors (Lipinski definition) is 4. The number of hydrogen-bond donors (Lipinski definition) is 1. The molecule has 0 atom stereocenters. The highest BCUT2D eigenvalue weighted by molar-refractivity contribution is 6.05. The van der Waals surface area contributed by atoms with Crippen LogP contribution in [0.2, 0.25) is 0 Å². The molecule has 24 heavy (non-hydrogen) atoms. The van der Waals surface area contributed by atoms with Gasteiger partial charge < -0.3 is 14.6 Å². The number of carbonyl (C=O) groups is 1. The van der Waals surface area contributed by atoms with Crippen LogP contribution >= 0.6 is 0 Å². The minimum Gasteiger partial charge on any atom is -0.484 e.